The smallest absolute Gasteiger partial charge is 0.311 e. The average molecular weight is 761 g/mol. The molecule has 0 aromatic heterocycles. The zero-order valence-electron chi connectivity index (χ0n) is 32.3. The Morgan fingerprint density at radius 2 is 0.964 bits per heavy atom. The molecule has 10 heteroatoms. The molecule has 1 unspecified atom stereocenters. The van der Waals surface area contributed by atoms with Crippen LogP contribution in [0.2, 0.25) is 0 Å². The lowest BCUT2D eigenvalue weighted by atomic mass is 9.93. The minimum absolute atomic E-state index is 0.222. The molecular formula is C46H48O10. The lowest BCUT2D eigenvalue weighted by molar-refractivity contribution is -0.139. The molecule has 1 atom stereocenters. The topological polar surface area (TPSA) is 135 Å². The van der Waals surface area contributed by atoms with Crippen LogP contribution in [0.1, 0.15) is 106 Å². The van der Waals surface area contributed by atoms with Crippen molar-refractivity contribution in [3.63, 3.8) is 0 Å². The fourth-order valence-electron chi connectivity index (χ4n) is 6.13. The number of benzene rings is 4. The minimum Gasteiger partial charge on any atom is -0.488 e. The highest BCUT2D eigenvalue weighted by Gasteiger charge is 2.20. The third-order valence-electron chi connectivity index (χ3n) is 9.07. The largest absolute Gasteiger partial charge is 0.488 e. The summed E-state index contributed by atoms with van der Waals surface area (Å²) in [5.41, 5.74) is 6.67. The molecule has 292 valence electrons. The van der Waals surface area contributed by atoms with Crippen molar-refractivity contribution in [2.45, 2.75) is 78.6 Å². The summed E-state index contributed by atoms with van der Waals surface area (Å²) in [6, 6.07) is 25.8. The molecule has 0 saturated heterocycles. The van der Waals surface area contributed by atoms with Gasteiger partial charge in [0.2, 0.25) is 0 Å². The van der Waals surface area contributed by atoms with Crippen LogP contribution in [-0.2, 0) is 19.2 Å². The Morgan fingerprint density at radius 3 is 1.36 bits per heavy atom. The molecule has 4 aromatic carbocycles. The van der Waals surface area contributed by atoms with E-state index in [0.717, 1.165) is 58.2 Å². The zero-order chi connectivity index (χ0) is 40.0. The number of esters is 3. The number of rotatable bonds is 14. The lowest BCUT2D eigenvalue weighted by Crippen LogP contribution is -2.11. The molecule has 0 saturated carbocycles. The van der Waals surface area contributed by atoms with E-state index in [9.17, 15) is 24.3 Å². The van der Waals surface area contributed by atoms with E-state index < -0.39 is 11.9 Å². The van der Waals surface area contributed by atoms with Gasteiger partial charge in [0.05, 0.1) is 5.92 Å². The van der Waals surface area contributed by atoms with E-state index in [-0.39, 0.29) is 17.9 Å². The first-order valence-corrected chi connectivity index (χ1v) is 19.1. The third-order valence-corrected chi connectivity index (χ3v) is 9.07. The van der Waals surface area contributed by atoms with Crippen molar-refractivity contribution in [2.24, 2.45) is 0 Å². The van der Waals surface area contributed by atoms with E-state index in [1.165, 1.54) is 0 Å². The molecule has 10 nitrogen and oxygen atoms in total. The van der Waals surface area contributed by atoms with Gasteiger partial charge in [0, 0.05) is 42.5 Å². The molecular weight excluding hydrogens is 712 g/mol. The summed E-state index contributed by atoms with van der Waals surface area (Å²) >= 11 is 0. The molecule has 2 heterocycles. The van der Waals surface area contributed by atoms with Gasteiger partial charge < -0.3 is 28.8 Å². The van der Waals surface area contributed by atoms with Crippen LogP contribution in [0, 0.1) is 0 Å². The highest BCUT2D eigenvalue weighted by molar-refractivity contribution is 5.87. The van der Waals surface area contributed by atoms with Gasteiger partial charge in [0.15, 0.2) is 0 Å². The number of hydrogen-bond acceptors (Lipinski definition) is 9. The van der Waals surface area contributed by atoms with Gasteiger partial charge in [-0.2, -0.15) is 0 Å². The number of carbonyl (C=O) groups is 4. The first kappa shape index (κ1) is 41.0. The number of fused-ring (bicyclic) bond motifs is 2. The van der Waals surface area contributed by atoms with E-state index in [4.69, 9.17) is 23.7 Å². The summed E-state index contributed by atoms with van der Waals surface area (Å²) < 4.78 is 27.6. The monoisotopic (exact) mass is 760 g/mol. The summed E-state index contributed by atoms with van der Waals surface area (Å²) in [6.45, 7) is 8.49. The summed E-state index contributed by atoms with van der Waals surface area (Å²) in [6.07, 6.45) is 8.10. The van der Waals surface area contributed by atoms with Gasteiger partial charge >= 0.3 is 23.9 Å². The molecule has 0 aliphatic carbocycles. The van der Waals surface area contributed by atoms with Crippen LogP contribution in [0.4, 0.5) is 0 Å². The van der Waals surface area contributed by atoms with E-state index >= 15 is 0 Å². The zero-order valence-corrected chi connectivity index (χ0v) is 32.3. The van der Waals surface area contributed by atoms with Crippen molar-refractivity contribution < 1.29 is 48.0 Å². The first-order valence-electron chi connectivity index (χ1n) is 19.1. The van der Waals surface area contributed by atoms with Gasteiger partial charge in [-0.15, -0.1) is 0 Å². The molecule has 0 bridgehead atoms. The normalized spacial score (nSPS) is 13.1. The minimum atomic E-state index is -0.806. The Morgan fingerprint density at radius 1 is 0.571 bits per heavy atom. The van der Waals surface area contributed by atoms with Crippen molar-refractivity contribution in [1.82, 2.24) is 0 Å². The van der Waals surface area contributed by atoms with Gasteiger partial charge in [0.1, 0.15) is 42.0 Å². The Balaban J connectivity index is 0.000000214. The predicted octanol–water partition coefficient (Wildman–Crippen LogP) is 9.93. The van der Waals surface area contributed by atoms with Gasteiger partial charge in [-0.05, 0) is 102 Å². The maximum Gasteiger partial charge on any atom is 0.311 e. The number of hydrogen-bond donors (Lipinski definition) is 1. The molecule has 4 aromatic rings. The maximum absolute atomic E-state index is 11.6. The SMILES string of the molecule is CCCC(=O)Oc1ccc(C2=Cc3ccc(OC(=O)CCC)cc3OC2)cc1.CCCC(=O)Oc1ccc2c(c1)OCC(c1ccc(C(CC)C(=O)O)cc1)=C2. The van der Waals surface area contributed by atoms with Crippen molar-refractivity contribution in [3.8, 4) is 28.7 Å². The molecule has 2 aliphatic heterocycles. The Kier molecular flexibility index (Phi) is 14.6. The third kappa shape index (κ3) is 11.2. The van der Waals surface area contributed by atoms with Crippen molar-refractivity contribution in [2.75, 3.05) is 13.2 Å². The summed E-state index contributed by atoms with van der Waals surface area (Å²) in [7, 11) is 0. The molecule has 0 fully saturated rings. The molecule has 0 spiro atoms. The number of carboxylic acids is 1. The van der Waals surface area contributed by atoms with Crippen molar-refractivity contribution >= 4 is 47.2 Å². The molecule has 6 rings (SSSR count). The van der Waals surface area contributed by atoms with Gasteiger partial charge in [-0.3, -0.25) is 19.2 Å². The average Bonchev–Trinajstić information content (AvgIpc) is 3.19. The van der Waals surface area contributed by atoms with Crippen LogP contribution in [0.3, 0.4) is 0 Å². The Hall–Kier alpha value is -6.16. The van der Waals surface area contributed by atoms with Crippen LogP contribution >= 0.6 is 0 Å². The number of carboxylic acid groups (broad SMARTS) is 1. The molecule has 1 N–H and O–H groups in total. The number of carbonyl (C=O) groups excluding carboxylic acids is 3. The Bertz CT molecular complexity index is 2070. The lowest BCUT2D eigenvalue weighted by Gasteiger charge is -2.19. The molecule has 56 heavy (non-hydrogen) atoms. The van der Waals surface area contributed by atoms with Gasteiger partial charge in [-0.1, -0.05) is 64.1 Å². The van der Waals surface area contributed by atoms with Crippen LogP contribution in [0.25, 0.3) is 23.3 Å². The molecule has 2 aliphatic rings. The highest BCUT2D eigenvalue weighted by Crippen LogP contribution is 2.35. The van der Waals surface area contributed by atoms with Gasteiger partial charge in [0.25, 0.3) is 0 Å². The second-order valence-electron chi connectivity index (χ2n) is 13.4. The molecule has 0 radical (unpaired) electrons. The van der Waals surface area contributed by atoms with Crippen LogP contribution in [0.5, 0.6) is 28.7 Å². The second-order valence-corrected chi connectivity index (χ2v) is 13.4. The fourth-order valence-corrected chi connectivity index (χ4v) is 6.13. The van der Waals surface area contributed by atoms with Gasteiger partial charge in [-0.25, -0.2) is 0 Å². The van der Waals surface area contributed by atoms with Crippen LogP contribution in [-0.4, -0.2) is 42.2 Å². The van der Waals surface area contributed by atoms with Crippen LogP contribution < -0.4 is 23.7 Å². The van der Waals surface area contributed by atoms with Crippen LogP contribution in [0.15, 0.2) is 84.9 Å². The molecule has 0 amide bonds. The van der Waals surface area contributed by atoms with E-state index in [0.29, 0.717) is 67.6 Å². The standard InChI is InChI=1S/2C23H24O5/c1-3-5-22(24)28-19-11-10-17-12-18(14-27-21(17)13-19)15-6-8-16(9-7-15)20(4-2)23(25)26;1-3-5-22(24)27-19-10-7-16(8-11-19)18-13-17-9-12-20(14-21(17)26-15-18)28-23(25)6-4-2/h6-13,20H,3-5,14H2,1-2H3,(H,25,26);7-14H,3-6,15H2,1-2H3. The summed E-state index contributed by atoms with van der Waals surface area (Å²) in [5.74, 6) is 0.883. The van der Waals surface area contributed by atoms with E-state index in [1.807, 2.05) is 82.3 Å². The van der Waals surface area contributed by atoms with Crippen molar-refractivity contribution in [1.29, 1.82) is 0 Å². The number of aliphatic carboxylic acids is 1. The Labute approximate surface area is 327 Å². The predicted molar refractivity (Wildman–Crippen MR) is 215 cm³/mol. The summed E-state index contributed by atoms with van der Waals surface area (Å²) in [4.78, 5) is 46.2. The highest BCUT2D eigenvalue weighted by atomic mass is 16.5. The van der Waals surface area contributed by atoms with Crippen molar-refractivity contribution in [3.05, 3.63) is 113 Å². The maximum atomic E-state index is 11.6. The fraction of sp³-hybridized carbons (Fsp3) is 0.304. The second kappa shape index (κ2) is 20.0. The first-order chi connectivity index (χ1) is 27.1. The number of ether oxygens (including phenoxy) is 5. The summed E-state index contributed by atoms with van der Waals surface area (Å²) in [5, 5.41) is 9.30. The van der Waals surface area contributed by atoms with E-state index in [1.54, 1.807) is 36.4 Å². The quantitative estimate of drug-likeness (QED) is 0.0978. The van der Waals surface area contributed by atoms with E-state index in [2.05, 4.69) is 6.08 Å².